The van der Waals surface area contributed by atoms with E-state index in [1.54, 1.807) is 0 Å². The first-order chi connectivity index (χ1) is 12.6. The fourth-order valence-electron chi connectivity index (χ4n) is 3.02. The fourth-order valence-corrected chi connectivity index (χ4v) is 4.27. The Morgan fingerprint density at radius 1 is 1.15 bits per heavy atom. The lowest BCUT2D eigenvalue weighted by atomic mass is 10.1. The number of thiazole rings is 1. The topological polar surface area (TPSA) is 71.8 Å². The molecule has 0 saturated heterocycles. The molecule has 2 aromatic carbocycles. The number of rotatable bonds is 5. The second-order valence-electron chi connectivity index (χ2n) is 6.02. The maximum absolute atomic E-state index is 11.8. The summed E-state index contributed by atoms with van der Waals surface area (Å²) in [6.07, 6.45) is 3.46. The van der Waals surface area contributed by atoms with Crippen LogP contribution in [0.1, 0.15) is 20.9 Å². The molecule has 1 amide bonds. The number of primary amides is 1. The van der Waals surface area contributed by atoms with Crippen molar-refractivity contribution in [2.24, 2.45) is 5.73 Å². The van der Waals surface area contributed by atoms with E-state index in [4.69, 9.17) is 17.3 Å². The van der Waals surface area contributed by atoms with Crippen molar-refractivity contribution >= 4 is 39.7 Å². The molecule has 0 bridgehead atoms. The highest BCUT2D eigenvalue weighted by atomic mass is 35.5. The Kier molecular flexibility index (Phi) is 4.49. The SMILES string of the molecule is NC(=O)c1nc(-c2ccccc2)sc1CCc1c[nH]c2ccc(Cl)cc12. The number of halogens is 1. The molecule has 4 nitrogen and oxygen atoms in total. The van der Waals surface area contributed by atoms with Crippen LogP contribution >= 0.6 is 22.9 Å². The molecule has 0 spiro atoms. The van der Waals surface area contributed by atoms with Crippen LogP contribution in [0.2, 0.25) is 5.02 Å². The molecule has 0 atom stereocenters. The average Bonchev–Trinajstić information content (AvgIpc) is 3.24. The predicted octanol–water partition coefficient (Wildman–Crippen LogP) is 4.83. The normalized spacial score (nSPS) is 11.1. The van der Waals surface area contributed by atoms with Crippen LogP contribution in [0.4, 0.5) is 0 Å². The Morgan fingerprint density at radius 3 is 2.73 bits per heavy atom. The van der Waals surface area contributed by atoms with Crippen molar-refractivity contribution in [2.45, 2.75) is 12.8 Å². The van der Waals surface area contributed by atoms with Crippen LogP contribution in [-0.4, -0.2) is 15.9 Å². The molecule has 0 aliphatic heterocycles. The van der Waals surface area contributed by atoms with Gasteiger partial charge in [-0.15, -0.1) is 11.3 Å². The predicted molar refractivity (Wildman–Crippen MR) is 107 cm³/mol. The lowest BCUT2D eigenvalue weighted by Gasteiger charge is -2.00. The third-order valence-corrected chi connectivity index (χ3v) is 5.70. The summed E-state index contributed by atoms with van der Waals surface area (Å²) >= 11 is 7.64. The van der Waals surface area contributed by atoms with Gasteiger partial charge in [0.2, 0.25) is 0 Å². The van der Waals surface area contributed by atoms with Crippen LogP contribution < -0.4 is 5.73 Å². The molecule has 6 heteroatoms. The van der Waals surface area contributed by atoms with Gasteiger partial charge in [0.15, 0.2) is 0 Å². The maximum Gasteiger partial charge on any atom is 0.268 e. The molecule has 0 radical (unpaired) electrons. The Hall–Kier alpha value is -2.63. The van der Waals surface area contributed by atoms with Crippen molar-refractivity contribution in [1.82, 2.24) is 9.97 Å². The second-order valence-corrected chi connectivity index (χ2v) is 7.54. The van der Waals surface area contributed by atoms with Gasteiger partial charge in [0, 0.05) is 32.6 Å². The zero-order chi connectivity index (χ0) is 18.1. The highest BCUT2D eigenvalue weighted by molar-refractivity contribution is 7.15. The lowest BCUT2D eigenvalue weighted by Crippen LogP contribution is -2.13. The Balaban J connectivity index is 1.64. The number of hydrogen-bond donors (Lipinski definition) is 2. The molecule has 26 heavy (non-hydrogen) atoms. The van der Waals surface area contributed by atoms with Gasteiger partial charge in [0.1, 0.15) is 10.7 Å². The van der Waals surface area contributed by atoms with Gasteiger partial charge in [-0.2, -0.15) is 0 Å². The maximum atomic E-state index is 11.8. The van der Waals surface area contributed by atoms with Gasteiger partial charge < -0.3 is 10.7 Å². The Morgan fingerprint density at radius 2 is 1.96 bits per heavy atom. The zero-order valence-electron chi connectivity index (χ0n) is 13.8. The molecule has 4 rings (SSSR count). The summed E-state index contributed by atoms with van der Waals surface area (Å²) in [6.45, 7) is 0. The highest BCUT2D eigenvalue weighted by Crippen LogP contribution is 2.30. The number of aromatic nitrogens is 2. The molecule has 0 aliphatic rings. The number of H-pyrrole nitrogens is 1. The van der Waals surface area contributed by atoms with Gasteiger partial charge >= 0.3 is 0 Å². The Bertz CT molecular complexity index is 1090. The smallest absolute Gasteiger partial charge is 0.268 e. The molecule has 3 N–H and O–H groups in total. The highest BCUT2D eigenvalue weighted by Gasteiger charge is 2.17. The first kappa shape index (κ1) is 16.8. The fraction of sp³-hybridized carbons (Fsp3) is 0.100. The van der Waals surface area contributed by atoms with E-state index >= 15 is 0 Å². The van der Waals surface area contributed by atoms with E-state index < -0.39 is 5.91 Å². The average molecular weight is 382 g/mol. The Labute approximate surface area is 159 Å². The van der Waals surface area contributed by atoms with Crippen molar-refractivity contribution in [1.29, 1.82) is 0 Å². The zero-order valence-corrected chi connectivity index (χ0v) is 15.4. The summed E-state index contributed by atoms with van der Waals surface area (Å²) in [5.41, 5.74) is 9.11. The van der Waals surface area contributed by atoms with Gasteiger partial charge in [-0.1, -0.05) is 41.9 Å². The summed E-state index contributed by atoms with van der Waals surface area (Å²) in [6, 6.07) is 15.6. The lowest BCUT2D eigenvalue weighted by molar-refractivity contribution is 0.0995. The molecule has 0 aliphatic carbocycles. The molecular weight excluding hydrogens is 366 g/mol. The van der Waals surface area contributed by atoms with E-state index in [1.165, 1.54) is 11.3 Å². The van der Waals surface area contributed by atoms with Gasteiger partial charge in [0.25, 0.3) is 5.91 Å². The molecular formula is C20H16ClN3OS. The van der Waals surface area contributed by atoms with Crippen molar-refractivity contribution in [3.05, 3.63) is 75.9 Å². The van der Waals surface area contributed by atoms with Gasteiger partial charge in [0.05, 0.1) is 0 Å². The van der Waals surface area contributed by atoms with Crippen LogP contribution in [-0.2, 0) is 12.8 Å². The van der Waals surface area contributed by atoms with Crippen molar-refractivity contribution in [3.63, 3.8) is 0 Å². The van der Waals surface area contributed by atoms with Gasteiger partial charge in [-0.05, 0) is 36.6 Å². The van der Waals surface area contributed by atoms with Crippen molar-refractivity contribution < 1.29 is 4.79 Å². The summed E-state index contributed by atoms with van der Waals surface area (Å²) in [4.78, 5) is 20.5. The number of amides is 1. The number of nitrogens with two attached hydrogens (primary N) is 1. The number of nitrogens with zero attached hydrogens (tertiary/aromatic N) is 1. The first-order valence-corrected chi connectivity index (χ1v) is 9.41. The van der Waals surface area contributed by atoms with Crippen LogP contribution in [0.15, 0.2) is 54.7 Å². The monoisotopic (exact) mass is 381 g/mol. The minimum absolute atomic E-state index is 0.367. The molecule has 4 aromatic rings. The van der Waals surface area contributed by atoms with Crippen LogP contribution in [0.3, 0.4) is 0 Å². The minimum atomic E-state index is -0.486. The molecule has 130 valence electrons. The number of carbonyl (C=O) groups is 1. The third kappa shape index (κ3) is 3.23. The standard InChI is InChI=1S/C20H16ClN3OS/c21-14-7-8-16-15(10-14)13(11-23-16)6-9-17-18(19(22)25)24-20(26-17)12-4-2-1-3-5-12/h1-5,7-8,10-11,23H,6,9H2,(H2,22,25). The van der Waals surface area contributed by atoms with Crippen LogP contribution in [0, 0.1) is 0 Å². The van der Waals surface area contributed by atoms with Crippen molar-refractivity contribution in [2.75, 3.05) is 0 Å². The number of nitrogens with one attached hydrogen (secondary N) is 1. The number of benzene rings is 2. The summed E-state index contributed by atoms with van der Waals surface area (Å²) in [5.74, 6) is -0.486. The van der Waals surface area contributed by atoms with E-state index in [0.29, 0.717) is 17.1 Å². The molecule has 2 heterocycles. The number of carbonyl (C=O) groups excluding carboxylic acids is 1. The number of fused-ring (bicyclic) bond motifs is 1. The minimum Gasteiger partial charge on any atom is -0.364 e. The van der Waals surface area contributed by atoms with E-state index in [-0.39, 0.29) is 0 Å². The van der Waals surface area contributed by atoms with Gasteiger partial charge in [-0.25, -0.2) is 4.98 Å². The summed E-state index contributed by atoms with van der Waals surface area (Å²) < 4.78 is 0. The quantitative estimate of drug-likeness (QED) is 0.519. The van der Waals surface area contributed by atoms with Crippen LogP contribution in [0.5, 0.6) is 0 Å². The second kappa shape index (κ2) is 6.94. The van der Waals surface area contributed by atoms with E-state index in [0.717, 1.165) is 38.3 Å². The van der Waals surface area contributed by atoms with Gasteiger partial charge in [-0.3, -0.25) is 4.79 Å². The van der Waals surface area contributed by atoms with Crippen LogP contribution in [0.25, 0.3) is 21.5 Å². The number of hydrogen-bond acceptors (Lipinski definition) is 3. The number of aryl methyl sites for hydroxylation is 2. The molecule has 0 unspecified atom stereocenters. The molecule has 0 fully saturated rings. The number of aromatic amines is 1. The molecule has 2 aromatic heterocycles. The first-order valence-electron chi connectivity index (χ1n) is 8.22. The van der Waals surface area contributed by atoms with E-state index in [2.05, 4.69) is 9.97 Å². The summed E-state index contributed by atoms with van der Waals surface area (Å²) in [5, 5.41) is 2.63. The van der Waals surface area contributed by atoms with E-state index in [9.17, 15) is 4.79 Å². The third-order valence-electron chi connectivity index (χ3n) is 4.30. The van der Waals surface area contributed by atoms with Crippen molar-refractivity contribution in [3.8, 4) is 10.6 Å². The summed E-state index contributed by atoms with van der Waals surface area (Å²) in [7, 11) is 0. The largest absolute Gasteiger partial charge is 0.364 e. The molecule has 0 saturated carbocycles. The van der Waals surface area contributed by atoms with E-state index in [1.807, 2.05) is 54.7 Å².